The van der Waals surface area contributed by atoms with Gasteiger partial charge >= 0.3 is 5.97 Å². The Hall–Kier alpha value is -3.27. The second-order valence-corrected chi connectivity index (χ2v) is 9.39. The van der Waals surface area contributed by atoms with Crippen LogP contribution in [0.25, 0.3) is 11.0 Å². The van der Waals surface area contributed by atoms with Crippen molar-refractivity contribution in [2.45, 2.75) is 42.4 Å². The van der Waals surface area contributed by atoms with E-state index >= 15 is 0 Å². The van der Waals surface area contributed by atoms with E-state index in [1.54, 1.807) is 18.2 Å². The molecule has 9 nitrogen and oxygen atoms in total. The number of ether oxygens (including phenoxy) is 1. The van der Waals surface area contributed by atoms with Gasteiger partial charge in [0, 0.05) is 11.6 Å². The maximum Gasteiger partial charge on any atom is 0.316 e. The number of benzene rings is 1. The molecule has 162 valence electrons. The van der Waals surface area contributed by atoms with Gasteiger partial charge in [-0.05, 0) is 31.0 Å². The summed E-state index contributed by atoms with van der Waals surface area (Å²) in [4.78, 5) is 28.4. The van der Waals surface area contributed by atoms with Gasteiger partial charge in [0.1, 0.15) is 11.6 Å². The van der Waals surface area contributed by atoms with Crippen molar-refractivity contribution in [2.24, 2.45) is 0 Å². The normalized spacial score (nSPS) is 16.2. The number of esters is 1. The largest absolute Gasteiger partial charge is 0.468 e. The Morgan fingerprint density at radius 2 is 1.84 bits per heavy atom. The first-order valence-electron chi connectivity index (χ1n) is 9.87. The van der Waals surface area contributed by atoms with Gasteiger partial charge in [-0.3, -0.25) is 14.9 Å². The third-order valence-electron chi connectivity index (χ3n) is 5.92. The summed E-state index contributed by atoms with van der Waals surface area (Å²) in [6.07, 6.45) is 5.45. The molecule has 1 saturated carbocycles. The second-order valence-electron chi connectivity index (χ2n) is 7.58. The molecule has 0 N–H and O–H groups in total. The maximum atomic E-state index is 13.2. The number of aromatic nitrogens is 2. The van der Waals surface area contributed by atoms with Crippen LogP contribution in [0.1, 0.15) is 37.7 Å². The number of hydrogen-bond acceptors (Lipinski definition) is 7. The molecule has 0 saturated heterocycles. The number of pyridine rings is 1. The van der Waals surface area contributed by atoms with E-state index in [1.807, 2.05) is 0 Å². The summed E-state index contributed by atoms with van der Waals surface area (Å²) in [5.41, 5.74) is -1.32. The summed E-state index contributed by atoms with van der Waals surface area (Å²) in [7, 11) is -2.72. The Labute approximate surface area is 178 Å². The first-order chi connectivity index (χ1) is 14.8. The molecule has 0 unspecified atom stereocenters. The first kappa shape index (κ1) is 21.0. The summed E-state index contributed by atoms with van der Waals surface area (Å²) in [5.74, 6) is -0.554. The topological polar surface area (TPSA) is 121 Å². The number of fused-ring (bicyclic) bond motifs is 1. The van der Waals surface area contributed by atoms with E-state index in [1.165, 1.54) is 31.5 Å². The van der Waals surface area contributed by atoms with Gasteiger partial charge in [-0.15, -0.1) is 0 Å². The second kappa shape index (κ2) is 7.77. The third-order valence-corrected chi connectivity index (χ3v) is 7.60. The van der Waals surface area contributed by atoms with E-state index in [4.69, 9.17) is 4.74 Å². The van der Waals surface area contributed by atoms with Gasteiger partial charge in [0.15, 0.2) is 5.65 Å². The average Bonchev–Trinajstić information content (AvgIpc) is 3.23. The Morgan fingerprint density at radius 1 is 1.16 bits per heavy atom. The van der Waals surface area contributed by atoms with Crippen molar-refractivity contribution in [3.8, 4) is 0 Å². The highest BCUT2D eigenvalue weighted by Gasteiger charge is 2.48. The fourth-order valence-corrected chi connectivity index (χ4v) is 5.82. The molecule has 1 aliphatic carbocycles. The van der Waals surface area contributed by atoms with Crippen molar-refractivity contribution < 1.29 is 22.9 Å². The van der Waals surface area contributed by atoms with E-state index in [2.05, 4.69) is 4.98 Å². The highest BCUT2D eigenvalue weighted by Crippen LogP contribution is 2.47. The van der Waals surface area contributed by atoms with E-state index < -0.39 is 26.3 Å². The summed E-state index contributed by atoms with van der Waals surface area (Å²) in [6.45, 7) is 0. The van der Waals surface area contributed by atoms with E-state index in [9.17, 15) is 23.3 Å². The summed E-state index contributed by atoms with van der Waals surface area (Å²) < 4.78 is 32.4. The molecule has 2 aromatic heterocycles. The highest BCUT2D eigenvalue weighted by atomic mass is 32.2. The predicted molar refractivity (Wildman–Crippen MR) is 112 cm³/mol. The fourth-order valence-electron chi connectivity index (χ4n) is 4.50. The summed E-state index contributed by atoms with van der Waals surface area (Å²) >= 11 is 0. The maximum absolute atomic E-state index is 13.2. The molecule has 0 bridgehead atoms. The monoisotopic (exact) mass is 443 g/mol. The van der Waals surface area contributed by atoms with Crippen molar-refractivity contribution in [3.05, 3.63) is 64.5 Å². The zero-order chi connectivity index (χ0) is 22.2. The van der Waals surface area contributed by atoms with Crippen molar-refractivity contribution >= 4 is 32.7 Å². The molecule has 0 radical (unpaired) electrons. The minimum atomic E-state index is -3.98. The van der Waals surface area contributed by atoms with Crippen molar-refractivity contribution in [2.75, 3.05) is 7.11 Å². The third kappa shape index (κ3) is 3.27. The Bertz CT molecular complexity index is 1260. The Kier molecular flexibility index (Phi) is 5.26. The molecular weight excluding hydrogens is 422 g/mol. The van der Waals surface area contributed by atoms with Crippen LogP contribution in [-0.4, -0.2) is 35.4 Å². The van der Waals surface area contributed by atoms with Gasteiger partial charge in [-0.1, -0.05) is 37.5 Å². The molecule has 0 spiro atoms. The summed E-state index contributed by atoms with van der Waals surface area (Å²) in [5, 5.41) is 12.1. The van der Waals surface area contributed by atoms with Crippen LogP contribution in [0.15, 0.2) is 53.7 Å². The molecule has 3 aromatic rings. The minimum Gasteiger partial charge on any atom is -0.468 e. The zero-order valence-corrected chi connectivity index (χ0v) is 17.7. The highest BCUT2D eigenvalue weighted by molar-refractivity contribution is 7.90. The van der Waals surface area contributed by atoms with E-state index in [0.717, 1.165) is 16.6 Å². The number of carbonyl (C=O) groups is 1. The van der Waals surface area contributed by atoms with Crippen LogP contribution in [0.4, 0.5) is 5.69 Å². The SMILES string of the molecule is COC(=O)C1(c2c([N+](=O)[O-])cnc3c2ccn3S(=O)(=O)c2ccccc2)CCCCC1. The van der Waals surface area contributed by atoms with Gasteiger partial charge in [0.25, 0.3) is 15.7 Å². The van der Waals surface area contributed by atoms with Crippen LogP contribution >= 0.6 is 0 Å². The molecule has 31 heavy (non-hydrogen) atoms. The Balaban J connectivity index is 2.03. The van der Waals surface area contributed by atoms with Gasteiger partial charge < -0.3 is 4.74 Å². The van der Waals surface area contributed by atoms with Gasteiger partial charge in [-0.2, -0.15) is 0 Å². The molecule has 2 heterocycles. The lowest BCUT2D eigenvalue weighted by atomic mass is 9.68. The van der Waals surface area contributed by atoms with Gasteiger partial charge in [0.05, 0.1) is 22.5 Å². The van der Waals surface area contributed by atoms with Gasteiger partial charge in [0.2, 0.25) is 0 Å². The number of hydrogen-bond donors (Lipinski definition) is 0. The molecule has 1 aliphatic rings. The van der Waals surface area contributed by atoms with Crippen molar-refractivity contribution in [1.82, 2.24) is 8.96 Å². The smallest absolute Gasteiger partial charge is 0.316 e. The number of rotatable bonds is 5. The zero-order valence-electron chi connectivity index (χ0n) is 16.9. The van der Waals surface area contributed by atoms with E-state index in [0.29, 0.717) is 25.7 Å². The molecule has 4 rings (SSSR count). The molecule has 0 amide bonds. The number of carbonyl (C=O) groups excluding carboxylic acids is 1. The van der Waals surface area contributed by atoms with Crippen LogP contribution in [-0.2, 0) is 25.0 Å². The van der Waals surface area contributed by atoms with E-state index in [-0.39, 0.29) is 27.2 Å². The summed E-state index contributed by atoms with van der Waals surface area (Å²) in [6, 6.07) is 9.32. The molecule has 0 atom stereocenters. The predicted octanol–water partition coefficient (Wildman–Crippen LogP) is 3.56. The van der Waals surface area contributed by atoms with Crippen LogP contribution in [0.5, 0.6) is 0 Å². The molecule has 10 heteroatoms. The fraction of sp³-hybridized carbons (Fsp3) is 0.333. The van der Waals surface area contributed by atoms with Crippen LogP contribution in [0, 0.1) is 10.1 Å². The number of methoxy groups -OCH3 is 1. The lowest BCUT2D eigenvalue weighted by Gasteiger charge is -2.34. The minimum absolute atomic E-state index is 0.0401. The van der Waals surface area contributed by atoms with Crippen LogP contribution in [0.3, 0.4) is 0 Å². The van der Waals surface area contributed by atoms with Crippen LogP contribution < -0.4 is 0 Å². The van der Waals surface area contributed by atoms with Crippen LogP contribution in [0.2, 0.25) is 0 Å². The Morgan fingerprint density at radius 3 is 2.45 bits per heavy atom. The number of nitro groups is 1. The van der Waals surface area contributed by atoms with Crippen molar-refractivity contribution in [1.29, 1.82) is 0 Å². The lowest BCUT2D eigenvalue weighted by molar-refractivity contribution is -0.386. The standard InChI is InChI=1S/C21H21N3O6S/c1-30-20(25)21(11-6-3-7-12-21)18-16-10-13-23(19(16)22-14-17(18)24(26)27)31(28,29)15-8-4-2-5-9-15/h2,4-5,8-10,13-14H,3,6-7,11-12H2,1H3. The first-order valence-corrected chi connectivity index (χ1v) is 11.3. The molecular formula is C21H21N3O6S. The molecule has 0 aliphatic heterocycles. The molecule has 1 aromatic carbocycles. The molecule has 1 fully saturated rings. The quantitative estimate of drug-likeness (QED) is 0.336. The number of nitrogens with zero attached hydrogens (tertiary/aromatic N) is 3. The lowest BCUT2D eigenvalue weighted by Crippen LogP contribution is -2.39. The average molecular weight is 443 g/mol. The van der Waals surface area contributed by atoms with Gasteiger partial charge in [-0.25, -0.2) is 17.4 Å². The van der Waals surface area contributed by atoms with Crippen molar-refractivity contribution in [3.63, 3.8) is 0 Å².